The van der Waals surface area contributed by atoms with Crippen molar-refractivity contribution in [2.75, 3.05) is 0 Å². The minimum absolute atomic E-state index is 0.597. The average Bonchev–Trinajstić information content (AvgIpc) is 3.48. The van der Waals surface area contributed by atoms with Crippen LogP contribution in [0, 0.1) is 0 Å². The molecule has 0 aliphatic carbocycles. The summed E-state index contributed by atoms with van der Waals surface area (Å²) in [5.41, 5.74) is 6.70. The van der Waals surface area contributed by atoms with Gasteiger partial charge in [-0.15, -0.1) is 0 Å². The molecule has 2 aromatic heterocycles. The van der Waals surface area contributed by atoms with Crippen LogP contribution in [0.15, 0.2) is 152 Å². The lowest BCUT2D eigenvalue weighted by Gasteiger charge is -2.15. The van der Waals surface area contributed by atoms with Gasteiger partial charge in [0, 0.05) is 27.9 Å². The maximum Gasteiger partial charge on any atom is 0.164 e. The number of imidazole rings is 1. The Morgan fingerprint density at radius 1 is 0.395 bits per heavy atom. The molecule has 2 heterocycles. The van der Waals surface area contributed by atoms with Crippen molar-refractivity contribution in [2.24, 2.45) is 0 Å². The Morgan fingerprint density at radius 2 is 0.884 bits per heavy atom. The molecule has 0 aliphatic heterocycles. The highest BCUT2D eigenvalue weighted by atomic mass is 15.1. The number of benzene rings is 6. The van der Waals surface area contributed by atoms with Crippen LogP contribution < -0.4 is 0 Å². The van der Waals surface area contributed by atoms with E-state index in [0.717, 1.165) is 55.6 Å². The lowest BCUT2D eigenvalue weighted by atomic mass is 9.99. The first-order valence-corrected chi connectivity index (χ1v) is 14.3. The van der Waals surface area contributed by atoms with Gasteiger partial charge in [-0.2, -0.15) is 0 Å². The number of hydrogen-bond acceptors (Lipinski definition) is 4. The fourth-order valence-electron chi connectivity index (χ4n) is 5.58. The monoisotopic (exact) mass is 551 g/mol. The molecule has 0 unspecified atom stereocenters. The Balaban J connectivity index is 1.45. The lowest BCUT2D eigenvalue weighted by molar-refractivity contribution is 1.07. The van der Waals surface area contributed by atoms with Crippen LogP contribution in [0.1, 0.15) is 0 Å². The molecule has 202 valence electrons. The molecule has 8 rings (SSSR count). The Hall–Kier alpha value is -5.94. The van der Waals surface area contributed by atoms with E-state index in [2.05, 4.69) is 83.4 Å². The van der Waals surface area contributed by atoms with Gasteiger partial charge in [-0.1, -0.05) is 115 Å². The number of para-hydroxylation sites is 3. The third kappa shape index (κ3) is 4.53. The second kappa shape index (κ2) is 10.5. The highest BCUT2D eigenvalue weighted by molar-refractivity contribution is 5.96. The fraction of sp³-hybridized carbons (Fsp3) is 0. The van der Waals surface area contributed by atoms with Crippen LogP contribution in [0.3, 0.4) is 0 Å². The van der Waals surface area contributed by atoms with Gasteiger partial charge < -0.3 is 0 Å². The van der Waals surface area contributed by atoms with E-state index in [9.17, 15) is 0 Å². The van der Waals surface area contributed by atoms with E-state index in [-0.39, 0.29) is 0 Å². The number of nitrogens with zero attached hydrogens (tertiary/aromatic N) is 5. The zero-order chi connectivity index (χ0) is 28.6. The number of aromatic nitrogens is 5. The van der Waals surface area contributed by atoms with Crippen LogP contribution in [0.2, 0.25) is 0 Å². The topological polar surface area (TPSA) is 56.5 Å². The molecule has 6 aromatic carbocycles. The maximum atomic E-state index is 5.21. The van der Waals surface area contributed by atoms with Crippen molar-refractivity contribution in [3.63, 3.8) is 0 Å². The fourth-order valence-corrected chi connectivity index (χ4v) is 5.58. The summed E-state index contributed by atoms with van der Waals surface area (Å²) in [4.78, 5) is 20.3. The second-order valence-electron chi connectivity index (χ2n) is 10.4. The van der Waals surface area contributed by atoms with E-state index in [1.165, 1.54) is 0 Å². The molecule has 0 saturated carbocycles. The first kappa shape index (κ1) is 24.8. The molecule has 0 aliphatic rings. The number of hydrogen-bond donors (Lipinski definition) is 0. The molecule has 0 bridgehead atoms. The van der Waals surface area contributed by atoms with Crippen LogP contribution in [0.5, 0.6) is 0 Å². The molecule has 43 heavy (non-hydrogen) atoms. The number of fused-ring (bicyclic) bond motifs is 2. The third-order valence-electron chi connectivity index (χ3n) is 7.64. The summed E-state index contributed by atoms with van der Waals surface area (Å²) in [6.45, 7) is 0. The first-order valence-electron chi connectivity index (χ1n) is 14.3. The van der Waals surface area contributed by atoms with E-state index in [4.69, 9.17) is 19.9 Å². The molecule has 0 atom stereocenters. The summed E-state index contributed by atoms with van der Waals surface area (Å²) < 4.78 is 2.22. The molecule has 0 amide bonds. The van der Waals surface area contributed by atoms with Crippen LogP contribution in [-0.2, 0) is 0 Å². The van der Waals surface area contributed by atoms with Gasteiger partial charge in [0.05, 0.1) is 11.0 Å². The second-order valence-corrected chi connectivity index (χ2v) is 10.4. The predicted molar refractivity (Wildman–Crippen MR) is 174 cm³/mol. The summed E-state index contributed by atoms with van der Waals surface area (Å²) in [7, 11) is 0. The van der Waals surface area contributed by atoms with Crippen molar-refractivity contribution in [1.29, 1.82) is 0 Å². The molecule has 8 aromatic rings. The SMILES string of the molecule is c1ccc(-c2nc(-c3ccccc3)nc(-c3cc4ccccc4cc3-c3nc4ccccc4n3-c3ccccc3)n2)cc1. The van der Waals surface area contributed by atoms with Crippen molar-refractivity contribution in [1.82, 2.24) is 24.5 Å². The van der Waals surface area contributed by atoms with E-state index in [1.807, 2.05) is 72.8 Å². The average molecular weight is 552 g/mol. The molecule has 0 fully saturated rings. The summed E-state index contributed by atoms with van der Waals surface area (Å²) in [5.74, 6) is 2.68. The quantitative estimate of drug-likeness (QED) is 0.214. The molecule has 0 N–H and O–H groups in total. The summed E-state index contributed by atoms with van der Waals surface area (Å²) in [5, 5.41) is 2.22. The van der Waals surface area contributed by atoms with Gasteiger partial charge in [0.1, 0.15) is 5.82 Å². The maximum absolute atomic E-state index is 5.21. The molecule has 0 radical (unpaired) electrons. The zero-order valence-electron chi connectivity index (χ0n) is 23.2. The van der Waals surface area contributed by atoms with Crippen molar-refractivity contribution >= 4 is 21.8 Å². The lowest BCUT2D eigenvalue weighted by Crippen LogP contribution is -2.03. The highest BCUT2D eigenvalue weighted by Gasteiger charge is 2.21. The van der Waals surface area contributed by atoms with Crippen LogP contribution in [0.4, 0.5) is 0 Å². The molecule has 0 spiro atoms. The Bertz CT molecular complexity index is 2170. The summed E-state index contributed by atoms with van der Waals surface area (Å²) >= 11 is 0. The standard InChI is InChI=1S/C38H25N5/c1-4-14-26(15-5-1)35-40-36(27-16-6-2-7-17-27)42-37(41-35)31-24-28-18-10-11-19-29(28)25-32(31)38-39-33-22-12-13-23-34(33)43(38)30-20-8-3-9-21-30/h1-25H. The highest BCUT2D eigenvalue weighted by Crippen LogP contribution is 2.38. The zero-order valence-corrected chi connectivity index (χ0v) is 23.2. The number of rotatable bonds is 5. The van der Waals surface area contributed by atoms with E-state index >= 15 is 0 Å². The van der Waals surface area contributed by atoms with Crippen molar-refractivity contribution in [3.05, 3.63) is 152 Å². The van der Waals surface area contributed by atoms with Crippen molar-refractivity contribution in [3.8, 4) is 51.2 Å². The predicted octanol–water partition coefficient (Wildman–Crippen LogP) is 9.03. The van der Waals surface area contributed by atoms with Crippen molar-refractivity contribution in [2.45, 2.75) is 0 Å². The van der Waals surface area contributed by atoms with Crippen LogP contribution >= 0.6 is 0 Å². The minimum Gasteiger partial charge on any atom is -0.292 e. The largest absolute Gasteiger partial charge is 0.292 e. The van der Waals surface area contributed by atoms with Gasteiger partial charge in [-0.25, -0.2) is 19.9 Å². The first-order chi connectivity index (χ1) is 21.3. The Kier molecular flexibility index (Phi) is 6.05. The molecular weight excluding hydrogens is 526 g/mol. The summed E-state index contributed by atoms with van der Waals surface area (Å²) in [6.07, 6.45) is 0. The molecule has 5 nitrogen and oxygen atoms in total. The Labute approximate surface area is 248 Å². The van der Waals surface area contributed by atoms with Gasteiger partial charge in [-0.05, 0) is 47.2 Å². The van der Waals surface area contributed by atoms with Gasteiger partial charge in [0.15, 0.2) is 17.5 Å². The normalized spacial score (nSPS) is 11.3. The van der Waals surface area contributed by atoms with Gasteiger partial charge >= 0.3 is 0 Å². The van der Waals surface area contributed by atoms with Gasteiger partial charge in [0.2, 0.25) is 0 Å². The van der Waals surface area contributed by atoms with Crippen molar-refractivity contribution < 1.29 is 0 Å². The van der Waals surface area contributed by atoms with E-state index in [1.54, 1.807) is 0 Å². The minimum atomic E-state index is 0.597. The van der Waals surface area contributed by atoms with E-state index in [0.29, 0.717) is 17.5 Å². The molecule has 0 saturated heterocycles. The molecule has 5 heteroatoms. The van der Waals surface area contributed by atoms with E-state index < -0.39 is 0 Å². The smallest absolute Gasteiger partial charge is 0.164 e. The van der Waals surface area contributed by atoms with Crippen LogP contribution in [-0.4, -0.2) is 24.5 Å². The summed E-state index contributed by atoms with van der Waals surface area (Å²) in [6, 6.07) is 51.5. The Morgan fingerprint density at radius 3 is 1.51 bits per heavy atom. The molecular formula is C38H25N5. The van der Waals surface area contributed by atoms with Gasteiger partial charge in [0.25, 0.3) is 0 Å². The third-order valence-corrected chi connectivity index (χ3v) is 7.64. The van der Waals surface area contributed by atoms with Gasteiger partial charge in [-0.3, -0.25) is 4.57 Å². The van der Waals surface area contributed by atoms with Crippen LogP contribution in [0.25, 0.3) is 73.0 Å².